The van der Waals surface area contributed by atoms with Crippen LogP contribution in [0.25, 0.3) is 0 Å². The molecule has 60 valence electrons. The van der Waals surface area contributed by atoms with Crippen molar-refractivity contribution in [2.75, 3.05) is 5.32 Å². The van der Waals surface area contributed by atoms with Crippen LogP contribution in [0.5, 0.6) is 0 Å². The maximum Gasteiger partial charge on any atom is 0.409 e. The van der Waals surface area contributed by atoms with Gasteiger partial charge in [-0.2, -0.15) is 0 Å². The number of rotatable bonds is 1. The van der Waals surface area contributed by atoms with Gasteiger partial charge in [-0.05, 0) is 22.9 Å². The van der Waals surface area contributed by atoms with Crippen molar-refractivity contribution in [1.82, 2.24) is 5.16 Å². The van der Waals surface area contributed by atoms with Crippen LogP contribution in [-0.4, -0.2) is 16.4 Å². The third kappa shape index (κ3) is 1.70. The van der Waals surface area contributed by atoms with E-state index in [1.165, 1.54) is 0 Å². The van der Waals surface area contributed by atoms with E-state index in [4.69, 9.17) is 5.11 Å². The molecule has 0 bridgehead atoms. The van der Waals surface area contributed by atoms with Crippen molar-refractivity contribution in [3.63, 3.8) is 0 Å². The number of amides is 1. The first-order valence-corrected chi connectivity index (χ1v) is 3.52. The van der Waals surface area contributed by atoms with Crippen LogP contribution in [0.2, 0.25) is 0 Å². The van der Waals surface area contributed by atoms with Gasteiger partial charge in [0.05, 0.1) is 0 Å². The minimum absolute atomic E-state index is 0.289. The number of halogens is 1. The van der Waals surface area contributed by atoms with Gasteiger partial charge in [0.15, 0.2) is 0 Å². The summed E-state index contributed by atoms with van der Waals surface area (Å²) in [6, 6.07) is 0. The topological polar surface area (TPSA) is 75.4 Å². The largest absolute Gasteiger partial charge is 0.465 e. The van der Waals surface area contributed by atoms with Crippen LogP contribution in [0, 0.1) is 6.92 Å². The molecule has 11 heavy (non-hydrogen) atoms. The molecule has 0 aliphatic carbocycles. The van der Waals surface area contributed by atoms with Crippen molar-refractivity contribution in [3.05, 3.63) is 10.4 Å². The standard InChI is InChI=1S/C5H5BrN2O3/c1-2-3(7-5(9)10)4(6)11-8-2/h7H,1H3,(H,9,10). The molecule has 0 aliphatic heterocycles. The predicted molar refractivity (Wildman–Crippen MR) is 40.6 cm³/mol. The predicted octanol–water partition coefficient (Wildman–Crippen LogP) is 1.84. The Hall–Kier alpha value is -1.04. The normalized spacial score (nSPS) is 9.64. The summed E-state index contributed by atoms with van der Waals surface area (Å²) in [5.74, 6) is 0. The van der Waals surface area contributed by atoms with E-state index in [9.17, 15) is 4.79 Å². The molecule has 1 aromatic rings. The van der Waals surface area contributed by atoms with E-state index >= 15 is 0 Å². The summed E-state index contributed by atoms with van der Waals surface area (Å²) in [4.78, 5) is 10.2. The number of aromatic nitrogens is 1. The zero-order chi connectivity index (χ0) is 8.43. The summed E-state index contributed by atoms with van der Waals surface area (Å²) in [5, 5.41) is 14.0. The maximum atomic E-state index is 10.2. The second-order valence-corrected chi connectivity index (χ2v) is 2.57. The smallest absolute Gasteiger partial charge is 0.409 e. The number of anilines is 1. The fourth-order valence-corrected chi connectivity index (χ4v) is 1.05. The second-order valence-electron chi connectivity index (χ2n) is 1.85. The minimum Gasteiger partial charge on any atom is -0.465 e. The van der Waals surface area contributed by atoms with Crippen LogP contribution in [0.4, 0.5) is 10.5 Å². The Morgan fingerprint density at radius 3 is 2.82 bits per heavy atom. The van der Waals surface area contributed by atoms with Crippen LogP contribution in [0.15, 0.2) is 9.19 Å². The number of hydrogen-bond acceptors (Lipinski definition) is 3. The van der Waals surface area contributed by atoms with E-state index in [1.54, 1.807) is 6.92 Å². The Kier molecular flexibility index (Phi) is 2.13. The third-order valence-electron chi connectivity index (χ3n) is 1.05. The summed E-state index contributed by atoms with van der Waals surface area (Å²) < 4.78 is 4.93. The Morgan fingerprint density at radius 1 is 1.82 bits per heavy atom. The van der Waals surface area contributed by atoms with E-state index in [1.807, 2.05) is 0 Å². The third-order valence-corrected chi connectivity index (χ3v) is 1.59. The fraction of sp³-hybridized carbons (Fsp3) is 0.200. The van der Waals surface area contributed by atoms with Crippen molar-refractivity contribution in [2.24, 2.45) is 0 Å². The molecule has 0 saturated carbocycles. The molecule has 5 nitrogen and oxygen atoms in total. The number of hydrogen-bond donors (Lipinski definition) is 2. The molecular formula is C5H5BrN2O3. The number of nitrogens with zero attached hydrogens (tertiary/aromatic N) is 1. The van der Waals surface area contributed by atoms with Crippen LogP contribution in [-0.2, 0) is 0 Å². The van der Waals surface area contributed by atoms with Gasteiger partial charge in [-0.25, -0.2) is 4.79 Å². The number of aryl methyl sites for hydroxylation is 1. The molecule has 0 atom stereocenters. The monoisotopic (exact) mass is 220 g/mol. The van der Waals surface area contributed by atoms with E-state index in [2.05, 4.69) is 30.9 Å². The first kappa shape index (κ1) is 8.06. The van der Waals surface area contributed by atoms with E-state index in [-0.39, 0.29) is 4.67 Å². The van der Waals surface area contributed by atoms with Gasteiger partial charge in [0.1, 0.15) is 11.4 Å². The first-order valence-electron chi connectivity index (χ1n) is 2.73. The minimum atomic E-state index is -1.14. The molecule has 0 aromatic carbocycles. The molecule has 1 rings (SSSR count). The molecule has 0 aliphatic rings. The maximum absolute atomic E-state index is 10.2. The highest BCUT2D eigenvalue weighted by Crippen LogP contribution is 2.24. The molecule has 0 radical (unpaired) electrons. The molecular weight excluding hydrogens is 216 g/mol. The molecule has 0 fully saturated rings. The molecule has 0 saturated heterocycles. The van der Waals surface area contributed by atoms with Crippen molar-refractivity contribution in [2.45, 2.75) is 6.92 Å². The highest BCUT2D eigenvalue weighted by molar-refractivity contribution is 9.10. The van der Waals surface area contributed by atoms with Crippen molar-refractivity contribution in [3.8, 4) is 0 Å². The Labute approximate surface area is 70.5 Å². The lowest BCUT2D eigenvalue weighted by Gasteiger charge is -1.94. The number of nitrogens with one attached hydrogen (secondary N) is 1. The van der Waals surface area contributed by atoms with Crippen molar-refractivity contribution in [1.29, 1.82) is 0 Å². The van der Waals surface area contributed by atoms with Gasteiger partial charge >= 0.3 is 6.09 Å². The summed E-state index contributed by atoms with van der Waals surface area (Å²) in [7, 11) is 0. The lowest BCUT2D eigenvalue weighted by Crippen LogP contribution is -2.07. The molecule has 2 N–H and O–H groups in total. The van der Waals surface area contributed by atoms with Gasteiger partial charge in [0.25, 0.3) is 0 Å². The highest BCUT2D eigenvalue weighted by Gasteiger charge is 2.11. The van der Waals surface area contributed by atoms with Gasteiger partial charge in [-0.1, -0.05) is 5.16 Å². The number of carbonyl (C=O) groups is 1. The van der Waals surface area contributed by atoms with Gasteiger partial charge in [-0.3, -0.25) is 5.32 Å². The van der Waals surface area contributed by atoms with Gasteiger partial charge in [0.2, 0.25) is 4.67 Å². The second kappa shape index (κ2) is 2.91. The summed E-state index contributed by atoms with van der Waals surface area (Å²) in [6.07, 6.45) is -1.14. The first-order chi connectivity index (χ1) is 5.11. The van der Waals surface area contributed by atoms with E-state index < -0.39 is 6.09 Å². The Balaban J connectivity index is 2.92. The summed E-state index contributed by atoms with van der Waals surface area (Å²) in [5.41, 5.74) is 0.844. The van der Waals surface area contributed by atoms with Crippen molar-refractivity contribution >= 4 is 27.7 Å². The summed E-state index contributed by atoms with van der Waals surface area (Å²) in [6.45, 7) is 1.64. The van der Waals surface area contributed by atoms with E-state index in [0.29, 0.717) is 11.4 Å². The SMILES string of the molecule is Cc1noc(Br)c1NC(=O)O. The van der Waals surface area contributed by atoms with Crippen LogP contribution >= 0.6 is 15.9 Å². The molecule has 0 spiro atoms. The number of carboxylic acid groups (broad SMARTS) is 1. The van der Waals surface area contributed by atoms with E-state index in [0.717, 1.165) is 0 Å². The van der Waals surface area contributed by atoms with Crippen LogP contribution in [0.3, 0.4) is 0 Å². The lowest BCUT2D eigenvalue weighted by molar-refractivity contribution is 0.209. The summed E-state index contributed by atoms with van der Waals surface area (Å²) >= 11 is 2.99. The van der Waals surface area contributed by atoms with Gasteiger partial charge in [0, 0.05) is 0 Å². The highest BCUT2D eigenvalue weighted by atomic mass is 79.9. The average Bonchev–Trinajstić information content (AvgIpc) is 2.18. The molecule has 1 aromatic heterocycles. The van der Waals surface area contributed by atoms with Gasteiger partial charge < -0.3 is 9.63 Å². The van der Waals surface area contributed by atoms with Crippen molar-refractivity contribution < 1.29 is 14.4 Å². The molecule has 6 heteroatoms. The Bertz CT molecular complexity index is 264. The molecule has 0 unspecified atom stereocenters. The van der Waals surface area contributed by atoms with Gasteiger partial charge in [-0.15, -0.1) is 0 Å². The lowest BCUT2D eigenvalue weighted by atomic mass is 10.4. The zero-order valence-electron chi connectivity index (χ0n) is 5.59. The van der Waals surface area contributed by atoms with Crippen LogP contribution < -0.4 is 5.32 Å². The quantitative estimate of drug-likeness (QED) is 0.758. The fourth-order valence-electron chi connectivity index (χ4n) is 0.589. The average molecular weight is 221 g/mol. The van der Waals surface area contributed by atoms with Crippen LogP contribution in [0.1, 0.15) is 5.69 Å². The molecule has 1 heterocycles. The Morgan fingerprint density at radius 2 is 2.45 bits per heavy atom. The molecule has 1 amide bonds. The zero-order valence-corrected chi connectivity index (χ0v) is 7.17.